The summed E-state index contributed by atoms with van der Waals surface area (Å²) >= 11 is 0. The molecule has 7 heteroatoms. The highest BCUT2D eigenvalue weighted by Crippen LogP contribution is 2.41. The quantitative estimate of drug-likeness (QED) is 0.750. The molecule has 0 radical (unpaired) electrons. The zero-order valence-electron chi connectivity index (χ0n) is 13.9. The molecule has 1 aromatic rings. The van der Waals surface area contributed by atoms with Crippen molar-refractivity contribution < 1.29 is 24.2 Å². The lowest BCUT2D eigenvalue weighted by atomic mass is 9.68. The molecule has 3 rings (SSSR count). The van der Waals surface area contributed by atoms with Crippen LogP contribution < -0.4 is 10.1 Å². The number of aliphatic carboxylic acids is 1. The van der Waals surface area contributed by atoms with Gasteiger partial charge in [0.2, 0.25) is 5.91 Å². The van der Waals surface area contributed by atoms with Gasteiger partial charge in [0, 0.05) is 19.1 Å². The van der Waals surface area contributed by atoms with Crippen LogP contribution in [0.5, 0.6) is 5.75 Å². The largest absolute Gasteiger partial charge is 0.484 e. The van der Waals surface area contributed by atoms with E-state index in [9.17, 15) is 19.5 Å². The van der Waals surface area contributed by atoms with Crippen molar-refractivity contribution in [3.63, 3.8) is 0 Å². The number of amides is 2. The normalized spacial score (nSPS) is 21.3. The average Bonchev–Trinajstić information content (AvgIpc) is 3.00. The van der Waals surface area contributed by atoms with Crippen LogP contribution in [0.3, 0.4) is 0 Å². The Kier molecular flexibility index (Phi) is 4.92. The molecule has 2 N–H and O–H groups in total. The third-order valence-electron chi connectivity index (χ3n) is 5.03. The minimum Gasteiger partial charge on any atom is -0.484 e. The number of nitrogens with zero attached hydrogens (tertiary/aromatic N) is 1. The molecule has 0 aromatic heterocycles. The van der Waals surface area contributed by atoms with Gasteiger partial charge in [0.15, 0.2) is 6.61 Å². The maximum Gasteiger partial charge on any atom is 0.319 e. The molecule has 0 bridgehead atoms. The van der Waals surface area contributed by atoms with Crippen molar-refractivity contribution in [3.8, 4) is 5.75 Å². The lowest BCUT2D eigenvalue weighted by Crippen LogP contribution is -2.54. The molecule has 1 heterocycles. The molecule has 2 aliphatic rings. The van der Waals surface area contributed by atoms with Gasteiger partial charge < -0.3 is 20.1 Å². The van der Waals surface area contributed by atoms with Gasteiger partial charge in [-0.1, -0.05) is 24.6 Å². The van der Waals surface area contributed by atoms with Crippen LogP contribution in [0.25, 0.3) is 0 Å². The molecule has 134 valence electrons. The zero-order chi connectivity index (χ0) is 17.9. The molecule has 1 atom stereocenters. The number of para-hydroxylation sites is 1. The number of hydrogen-bond donors (Lipinski definition) is 2. The molecular formula is C18H22N2O5. The van der Waals surface area contributed by atoms with Crippen LogP contribution >= 0.6 is 0 Å². The number of likely N-dealkylation sites (tertiary alicyclic amines) is 1. The van der Waals surface area contributed by atoms with E-state index in [2.05, 4.69) is 5.32 Å². The van der Waals surface area contributed by atoms with Crippen LogP contribution in [0.4, 0.5) is 0 Å². The summed E-state index contributed by atoms with van der Waals surface area (Å²) in [5, 5.41) is 12.1. The Balaban J connectivity index is 1.47. The average molecular weight is 346 g/mol. The highest BCUT2D eigenvalue weighted by Gasteiger charge is 2.51. The molecule has 1 aliphatic carbocycles. The van der Waals surface area contributed by atoms with Gasteiger partial charge in [-0.05, 0) is 31.4 Å². The van der Waals surface area contributed by atoms with Crippen molar-refractivity contribution in [3.05, 3.63) is 30.3 Å². The number of hydrogen-bond acceptors (Lipinski definition) is 4. The molecule has 2 fully saturated rings. The molecule has 0 spiro atoms. The van der Waals surface area contributed by atoms with E-state index in [0.29, 0.717) is 38.1 Å². The number of ether oxygens (including phenoxy) is 1. The standard InChI is InChI=1S/C18H22N2O5/c21-15(12-25-14-5-2-1-3-6-14)20-10-7-13(11-20)19-16(22)18(17(23)24)8-4-9-18/h1-3,5-6,13H,4,7-12H2,(H,19,22)(H,23,24). The molecule has 2 amide bonds. The summed E-state index contributed by atoms with van der Waals surface area (Å²) in [4.78, 5) is 37.5. The number of carbonyl (C=O) groups excluding carboxylic acids is 2. The van der Waals surface area contributed by atoms with Gasteiger partial charge in [0.1, 0.15) is 11.2 Å². The first kappa shape index (κ1) is 17.3. The minimum atomic E-state index is -1.27. The monoisotopic (exact) mass is 346 g/mol. The summed E-state index contributed by atoms with van der Waals surface area (Å²) in [5.41, 5.74) is -1.27. The summed E-state index contributed by atoms with van der Waals surface area (Å²) in [6.07, 6.45) is 2.15. The third kappa shape index (κ3) is 3.60. The van der Waals surface area contributed by atoms with Crippen molar-refractivity contribution in [1.82, 2.24) is 10.2 Å². The SMILES string of the molecule is O=C(COc1ccccc1)N1CCC(NC(=O)C2(C(=O)O)CCC2)C1. The molecule has 1 aliphatic heterocycles. The van der Waals surface area contributed by atoms with Crippen LogP contribution in [0.15, 0.2) is 30.3 Å². The van der Waals surface area contributed by atoms with Crippen LogP contribution in [-0.4, -0.2) is 53.5 Å². The minimum absolute atomic E-state index is 0.0518. The van der Waals surface area contributed by atoms with Gasteiger partial charge in [-0.3, -0.25) is 14.4 Å². The number of nitrogens with one attached hydrogen (secondary N) is 1. The van der Waals surface area contributed by atoms with E-state index < -0.39 is 17.3 Å². The Morgan fingerprint density at radius 2 is 1.96 bits per heavy atom. The lowest BCUT2D eigenvalue weighted by molar-refractivity contribution is -0.162. The first-order chi connectivity index (χ1) is 12.0. The summed E-state index contributed by atoms with van der Waals surface area (Å²) in [6, 6.07) is 8.90. The van der Waals surface area contributed by atoms with Crippen LogP contribution in [0, 0.1) is 5.41 Å². The highest BCUT2D eigenvalue weighted by atomic mass is 16.5. The fourth-order valence-electron chi connectivity index (χ4n) is 3.25. The van der Waals surface area contributed by atoms with Crippen LogP contribution in [-0.2, 0) is 14.4 Å². The van der Waals surface area contributed by atoms with E-state index >= 15 is 0 Å². The van der Waals surface area contributed by atoms with E-state index in [0.717, 1.165) is 6.42 Å². The number of benzene rings is 1. The van der Waals surface area contributed by atoms with Crippen molar-refractivity contribution in [2.24, 2.45) is 5.41 Å². The first-order valence-corrected chi connectivity index (χ1v) is 8.51. The van der Waals surface area contributed by atoms with Crippen molar-refractivity contribution in [2.75, 3.05) is 19.7 Å². The predicted molar refractivity (Wildman–Crippen MR) is 89.0 cm³/mol. The Morgan fingerprint density at radius 3 is 2.56 bits per heavy atom. The van der Waals surface area contributed by atoms with Gasteiger partial charge in [-0.15, -0.1) is 0 Å². The first-order valence-electron chi connectivity index (χ1n) is 8.51. The Bertz CT molecular complexity index is 657. The van der Waals surface area contributed by atoms with Crippen LogP contribution in [0.1, 0.15) is 25.7 Å². The van der Waals surface area contributed by atoms with Crippen LogP contribution in [0.2, 0.25) is 0 Å². The number of carbonyl (C=O) groups is 3. The molecule has 7 nitrogen and oxygen atoms in total. The number of carboxylic acids is 1. The van der Waals surface area contributed by atoms with Gasteiger partial charge in [-0.2, -0.15) is 0 Å². The zero-order valence-corrected chi connectivity index (χ0v) is 13.9. The highest BCUT2D eigenvalue weighted by molar-refractivity contribution is 6.03. The van der Waals surface area contributed by atoms with Gasteiger partial charge >= 0.3 is 5.97 Å². The van der Waals surface area contributed by atoms with E-state index in [4.69, 9.17) is 4.74 Å². The van der Waals surface area contributed by atoms with Gasteiger partial charge in [0.25, 0.3) is 5.91 Å². The summed E-state index contributed by atoms with van der Waals surface area (Å²) in [5.74, 6) is -0.991. The second-order valence-corrected chi connectivity index (χ2v) is 6.64. The van der Waals surface area contributed by atoms with Crippen molar-refractivity contribution >= 4 is 17.8 Å². The Hall–Kier alpha value is -2.57. The maximum atomic E-state index is 12.3. The van der Waals surface area contributed by atoms with Crippen molar-refractivity contribution in [2.45, 2.75) is 31.7 Å². The second-order valence-electron chi connectivity index (χ2n) is 6.64. The van der Waals surface area contributed by atoms with Gasteiger partial charge in [0.05, 0.1) is 0 Å². The summed E-state index contributed by atoms with van der Waals surface area (Å²) < 4.78 is 5.45. The van der Waals surface area contributed by atoms with Crippen molar-refractivity contribution in [1.29, 1.82) is 0 Å². The number of carboxylic acid groups (broad SMARTS) is 1. The third-order valence-corrected chi connectivity index (χ3v) is 5.03. The topological polar surface area (TPSA) is 95.9 Å². The van der Waals surface area contributed by atoms with Gasteiger partial charge in [-0.25, -0.2) is 0 Å². The fraction of sp³-hybridized carbons (Fsp3) is 0.500. The van der Waals surface area contributed by atoms with E-state index in [-0.39, 0.29) is 18.6 Å². The molecule has 1 saturated heterocycles. The van der Waals surface area contributed by atoms with E-state index in [1.54, 1.807) is 17.0 Å². The maximum absolute atomic E-state index is 12.3. The molecule has 25 heavy (non-hydrogen) atoms. The molecule has 1 saturated carbocycles. The second kappa shape index (κ2) is 7.13. The lowest BCUT2D eigenvalue weighted by Gasteiger charge is -2.36. The van der Waals surface area contributed by atoms with E-state index in [1.165, 1.54) is 0 Å². The smallest absolute Gasteiger partial charge is 0.319 e. The summed E-state index contributed by atoms with van der Waals surface area (Å²) in [6.45, 7) is 0.865. The number of rotatable bonds is 6. The molecule has 1 unspecified atom stereocenters. The Morgan fingerprint density at radius 1 is 1.24 bits per heavy atom. The Labute approximate surface area is 146 Å². The predicted octanol–water partition coefficient (Wildman–Crippen LogP) is 1.04. The summed E-state index contributed by atoms with van der Waals surface area (Å²) in [7, 11) is 0. The fourth-order valence-corrected chi connectivity index (χ4v) is 3.25. The molecular weight excluding hydrogens is 324 g/mol. The molecule has 1 aromatic carbocycles. The van der Waals surface area contributed by atoms with E-state index in [1.807, 2.05) is 18.2 Å².